The van der Waals surface area contributed by atoms with E-state index in [2.05, 4.69) is 24.3 Å². The number of carbonyl (C=O) groups excluding carboxylic acids is 1. The summed E-state index contributed by atoms with van der Waals surface area (Å²) in [6, 6.07) is 24.4. The van der Waals surface area contributed by atoms with Crippen molar-refractivity contribution in [2.24, 2.45) is 0 Å². The fourth-order valence-corrected chi connectivity index (χ4v) is 5.74. The Bertz CT molecular complexity index is 1490. The van der Waals surface area contributed by atoms with Crippen LogP contribution in [0.5, 0.6) is 0 Å². The van der Waals surface area contributed by atoms with Crippen molar-refractivity contribution >= 4 is 57.7 Å². The van der Waals surface area contributed by atoms with Crippen molar-refractivity contribution in [1.82, 2.24) is 0 Å². The maximum Gasteiger partial charge on any atom is 0.387 e. The molecule has 0 fully saturated rings. The van der Waals surface area contributed by atoms with E-state index in [-0.39, 0.29) is 19.0 Å². The molecule has 1 heterocycles. The highest BCUT2D eigenvalue weighted by Gasteiger charge is 2.24. The number of carbonyl (C=O) groups is 1. The predicted molar refractivity (Wildman–Crippen MR) is 145 cm³/mol. The van der Waals surface area contributed by atoms with E-state index in [1.165, 1.54) is 0 Å². The first-order valence-electron chi connectivity index (χ1n) is 12.2. The summed E-state index contributed by atoms with van der Waals surface area (Å²) in [6.45, 7) is 2.05. The van der Waals surface area contributed by atoms with Crippen LogP contribution in [0.2, 0.25) is 0 Å². The number of rotatable bonds is 9. The molecule has 1 atom stereocenters. The highest BCUT2D eigenvalue weighted by molar-refractivity contribution is 7.31. The zero-order valence-corrected chi connectivity index (χ0v) is 21.9. The molecule has 0 spiro atoms. The maximum absolute atomic E-state index is 12.4. The highest BCUT2D eigenvalue weighted by Crippen LogP contribution is 2.40. The first-order valence-corrected chi connectivity index (χ1v) is 13.3. The lowest BCUT2D eigenvalue weighted by molar-refractivity contribution is -0.147. The van der Waals surface area contributed by atoms with Crippen LogP contribution in [0.4, 0.5) is 0 Å². The first kappa shape index (κ1) is 25.3. The van der Waals surface area contributed by atoms with Crippen LogP contribution in [-0.2, 0) is 19.0 Å². The van der Waals surface area contributed by atoms with Crippen molar-refractivity contribution in [3.05, 3.63) is 72.8 Å². The van der Waals surface area contributed by atoms with Crippen molar-refractivity contribution in [3.8, 4) is 0 Å². The Hall–Kier alpha value is -3.35. The Morgan fingerprint density at radius 1 is 0.811 bits per heavy atom. The Labute approximate surface area is 215 Å². The third-order valence-electron chi connectivity index (χ3n) is 6.29. The van der Waals surface area contributed by atoms with Crippen LogP contribution in [-0.4, -0.2) is 39.2 Å². The van der Waals surface area contributed by atoms with Crippen LogP contribution < -0.4 is 4.52 Å². The summed E-state index contributed by atoms with van der Waals surface area (Å²) in [4.78, 5) is 12.4. The molecule has 5 aromatic rings. The topological polar surface area (TPSA) is 80.3 Å². The van der Waals surface area contributed by atoms with E-state index in [1.807, 2.05) is 48.5 Å². The number of benzene rings is 4. The number of methoxy groups -OCH3 is 2. The van der Waals surface area contributed by atoms with Gasteiger partial charge >= 0.3 is 14.2 Å². The van der Waals surface area contributed by atoms with Gasteiger partial charge in [-0.1, -0.05) is 60.7 Å². The van der Waals surface area contributed by atoms with E-state index >= 15 is 0 Å². The quantitative estimate of drug-likeness (QED) is 0.148. The Kier molecular flexibility index (Phi) is 7.77. The zero-order valence-electron chi connectivity index (χ0n) is 21.0. The van der Waals surface area contributed by atoms with Gasteiger partial charge in [-0.05, 0) is 40.6 Å². The van der Waals surface area contributed by atoms with Gasteiger partial charge in [-0.2, -0.15) is 0 Å². The average molecular weight is 521 g/mol. The monoisotopic (exact) mass is 520 g/mol. The molecule has 0 amide bonds. The van der Waals surface area contributed by atoms with Gasteiger partial charge in [0.25, 0.3) is 0 Å². The molecule has 0 aliphatic heterocycles. The Morgan fingerprint density at radius 2 is 1.35 bits per heavy atom. The summed E-state index contributed by atoms with van der Waals surface area (Å²) in [6.07, 6.45) is -0.862. The molecule has 0 N–H and O–H groups in total. The molecule has 0 saturated heterocycles. The number of esters is 1. The normalized spacial score (nSPS) is 12.5. The van der Waals surface area contributed by atoms with Crippen molar-refractivity contribution in [2.45, 2.75) is 32.2 Å². The fourth-order valence-electron chi connectivity index (χ4n) is 4.59. The van der Waals surface area contributed by atoms with E-state index in [9.17, 15) is 4.79 Å². The molecule has 0 aliphatic rings. The molecule has 5 rings (SSSR count). The van der Waals surface area contributed by atoms with Gasteiger partial charge in [0.05, 0.1) is 19.1 Å². The fraction of sp³-hybridized carbons (Fsp3) is 0.276. The van der Waals surface area contributed by atoms with Gasteiger partial charge in [-0.3, -0.25) is 9.32 Å². The van der Waals surface area contributed by atoms with Gasteiger partial charge in [0.1, 0.15) is 11.2 Å². The van der Waals surface area contributed by atoms with Crippen LogP contribution in [0.1, 0.15) is 19.8 Å². The van der Waals surface area contributed by atoms with Gasteiger partial charge in [0.15, 0.2) is 6.29 Å². The van der Waals surface area contributed by atoms with Crippen LogP contribution in [0.3, 0.4) is 0 Å². The molecular formula is C29H29O7P. The molecule has 0 aliphatic carbocycles. The summed E-state index contributed by atoms with van der Waals surface area (Å²) in [5.41, 5.74) is 1.31. The minimum Gasteiger partial charge on any atom is -0.466 e. The average Bonchev–Trinajstić information content (AvgIpc) is 3.08. The van der Waals surface area contributed by atoms with E-state index in [0.717, 1.165) is 32.3 Å². The van der Waals surface area contributed by atoms with Crippen molar-refractivity contribution in [1.29, 1.82) is 0 Å². The summed E-state index contributed by atoms with van der Waals surface area (Å²) in [5, 5.41) is 6.21. The van der Waals surface area contributed by atoms with Crippen molar-refractivity contribution in [3.63, 3.8) is 0 Å². The van der Waals surface area contributed by atoms with Crippen molar-refractivity contribution < 1.29 is 31.9 Å². The number of ether oxygens (including phenoxy) is 3. The molecule has 0 radical (unpaired) electrons. The molecule has 0 saturated carbocycles. The molecule has 37 heavy (non-hydrogen) atoms. The lowest BCUT2D eigenvalue weighted by atomic mass is 9.99. The first-order chi connectivity index (χ1) is 18.1. The third kappa shape index (κ3) is 5.36. The van der Waals surface area contributed by atoms with Gasteiger partial charge in [-0.15, -0.1) is 0 Å². The molecule has 4 aromatic carbocycles. The lowest BCUT2D eigenvalue weighted by Crippen LogP contribution is -2.28. The molecule has 192 valence electrons. The minimum absolute atomic E-state index is 0.0117. The van der Waals surface area contributed by atoms with Gasteiger partial charge in [0, 0.05) is 31.4 Å². The molecule has 1 aromatic heterocycles. The van der Waals surface area contributed by atoms with Gasteiger partial charge in [0.2, 0.25) is 0 Å². The van der Waals surface area contributed by atoms with Gasteiger partial charge in [-0.25, -0.2) is 0 Å². The molecule has 8 heteroatoms. The molecule has 0 unspecified atom stereocenters. The van der Waals surface area contributed by atoms with Crippen molar-refractivity contribution in [2.75, 3.05) is 20.8 Å². The molecule has 0 bridgehead atoms. The van der Waals surface area contributed by atoms with E-state index < -0.39 is 20.6 Å². The van der Waals surface area contributed by atoms with Crippen LogP contribution in [0.15, 0.2) is 81.2 Å². The molecular weight excluding hydrogens is 491 g/mol. The second-order valence-corrected chi connectivity index (χ2v) is 9.62. The summed E-state index contributed by atoms with van der Waals surface area (Å²) >= 11 is 0. The van der Waals surface area contributed by atoms with E-state index in [1.54, 1.807) is 21.1 Å². The lowest BCUT2D eigenvalue weighted by Gasteiger charge is -2.20. The third-order valence-corrected chi connectivity index (χ3v) is 7.46. The predicted octanol–water partition coefficient (Wildman–Crippen LogP) is 7.36. The summed E-state index contributed by atoms with van der Waals surface area (Å²) in [5.74, 6) is -0.374. The largest absolute Gasteiger partial charge is 0.466 e. The SMILES string of the molecule is CCOC(=O)C[C@H](CC(OC)OC)Op1oc2ccc3ccccc3c2c2c(ccc3ccccc32)o1. The zero-order chi connectivity index (χ0) is 25.8. The maximum atomic E-state index is 12.4. The van der Waals surface area contributed by atoms with Crippen LogP contribution in [0.25, 0.3) is 43.5 Å². The summed E-state index contributed by atoms with van der Waals surface area (Å²) in [7, 11) is 1.17. The summed E-state index contributed by atoms with van der Waals surface area (Å²) < 4.78 is 35.0. The van der Waals surface area contributed by atoms with Crippen LogP contribution >= 0.6 is 8.24 Å². The standard InChI is InChI=1S/C29H29O7P/c1-4-33-26(30)17-21(18-27(31-2)32-3)34-37-35-24-15-13-19-9-5-7-11-22(19)28(24)29-23-12-8-6-10-20(23)14-16-25(29)36-37/h5-16,21,27H,4,17-18H2,1-3H3/t21-/m1/s1. The van der Waals surface area contributed by atoms with Gasteiger partial charge < -0.3 is 22.6 Å². The number of hydrogen-bond acceptors (Lipinski definition) is 7. The Morgan fingerprint density at radius 3 is 1.86 bits per heavy atom. The second kappa shape index (κ2) is 11.4. The Balaban J connectivity index is 1.73. The minimum atomic E-state index is -1.92. The van der Waals surface area contributed by atoms with Crippen LogP contribution in [0, 0.1) is 0 Å². The number of fused-ring (bicyclic) bond motifs is 7. The smallest absolute Gasteiger partial charge is 0.387 e. The second-order valence-electron chi connectivity index (χ2n) is 8.60. The van der Waals surface area contributed by atoms with E-state index in [0.29, 0.717) is 17.6 Å². The van der Waals surface area contributed by atoms with E-state index in [4.69, 9.17) is 27.1 Å². The number of hydrogen-bond donors (Lipinski definition) is 0. The molecule has 7 nitrogen and oxygen atoms in total. The highest BCUT2D eigenvalue weighted by atomic mass is 31.1.